The van der Waals surface area contributed by atoms with Crippen LogP contribution in [-0.4, -0.2) is 41.4 Å². The average Bonchev–Trinajstić information content (AvgIpc) is 2.54. The molecule has 1 aromatic heterocycles. The minimum absolute atomic E-state index is 0.0253. The molecule has 1 saturated heterocycles. The third-order valence-electron chi connectivity index (χ3n) is 4.48. The number of piperidine rings is 1. The van der Waals surface area contributed by atoms with E-state index < -0.39 is 21.9 Å². The molecule has 2 unspecified atom stereocenters. The molecule has 1 aliphatic rings. The van der Waals surface area contributed by atoms with Crippen LogP contribution in [0.4, 0.5) is 0 Å². The van der Waals surface area contributed by atoms with Crippen LogP contribution in [0.1, 0.15) is 19.8 Å². The van der Waals surface area contributed by atoms with Crippen molar-refractivity contribution >= 4 is 26.9 Å². The molecule has 2 N–H and O–H groups in total. The summed E-state index contributed by atoms with van der Waals surface area (Å²) in [6.07, 6.45) is 0.985. The maximum atomic E-state index is 12.9. The SMILES string of the molecule is CC1CCC(C(=O)O)CN1S(=O)(=O)c1ccc2[nH]c(=O)ccc2c1. The molecule has 2 aromatic rings. The molecule has 0 amide bonds. The fourth-order valence-electron chi connectivity index (χ4n) is 3.04. The summed E-state index contributed by atoms with van der Waals surface area (Å²) in [4.78, 5) is 25.3. The van der Waals surface area contributed by atoms with Gasteiger partial charge in [-0.1, -0.05) is 0 Å². The Morgan fingerprint density at radius 1 is 1.25 bits per heavy atom. The van der Waals surface area contributed by atoms with Crippen molar-refractivity contribution in [3.63, 3.8) is 0 Å². The van der Waals surface area contributed by atoms with Gasteiger partial charge in [0.25, 0.3) is 0 Å². The third-order valence-corrected chi connectivity index (χ3v) is 6.45. The maximum absolute atomic E-state index is 12.9. The lowest BCUT2D eigenvalue weighted by Gasteiger charge is -2.35. The lowest BCUT2D eigenvalue weighted by atomic mass is 9.96. The van der Waals surface area contributed by atoms with Crippen LogP contribution in [-0.2, 0) is 14.8 Å². The molecule has 2 atom stereocenters. The van der Waals surface area contributed by atoms with Gasteiger partial charge in [0.05, 0.1) is 10.8 Å². The first kappa shape index (κ1) is 16.7. The van der Waals surface area contributed by atoms with Gasteiger partial charge in [0, 0.05) is 24.2 Å². The van der Waals surface area contributed by atoms with Crippen molar-refractivity contribution in [1.29, 1.82) is 0 Å². The highest BCUT2D eigenvalue weighted by Gasteiger charge is 2.37. The van der Waals surface area contributed by atoms with Gasteiger partial charge < -0.3 is 10.1 Å². The molecule has 0 aliphatic carbocycles. The predicted molar refractivity (Wildman–Crippen MR) is 88.3 cm³/mol. The lowest BCUT2D eigenvalue weighted by Crippen LogP contribution is -2.47. The Balaban J connectivity index is 2.01. The van der Waals surface area contributed by atoms with E-state index in [9.17, 15) is 23.1 Å². The monoisotopic (exact) mass is 350 g/mol. The van der Waals surface area contributed by atoms with Gasteiger partial charge >= 0.3 is 5.97 Å². The molecule has 1 aliphatic heterocycles. The van der Waals surface area contributed by atoms with Gasteiger partial charge in [0.2, 0.25) is 15.6 Å². The lowest BCUT2D eigenvalue weighted by molar-refractivity contribution is -0.143. The van der Waals surface area contributed by atoms with Gasteiger partial charge in [-0.25, -0.2) is 8.42 Å². The van der Waals surface area contributed by atoms with E-state index >= 15 is 0 Å². The van der Waals surface area contributed by atoms with Gasteiger partial charge in [0.15, 0.2) is 0 Å². The Labute approximate surface area is 139 Å². The van der Waals surface area contributed by atoms with Crippen LogP contribution < -0.4 is 5.56 Å². The summed E-state index contributed by atoms with van der Waals surface area (Å²) < 4.78 is 27.1. The van der Waals surface area contributed by atoms with Gasteiger partial charge in [-0.05, 0) is 49.4 Å². The number of hydrogen-bond donors (Lipinski definition) is 2. The quantitative estimate of drug-likeness (QED) is 0.870. The van der Waals surface area contributed by atoms with E-state index in [1.54, 1.807) is 19.1 Å². The zero-order valence-electron chi connectivity index (χ0n) is 13.1. The number of carboxylic acids is 1. The first-order valence-electron chi connectivity index (χ1n) is 7.67. The topological polar surface area (TPSA) is 108 Å². The van der Waals surface area contributed by atoms with Gasteiger partial charge in [-0.3, -0.25) is 9.59 Å². The highest BCUT2D eigenvalue weighted by Crippen LogP contribution is 2.29. The summed E-state index contributed by atoms with van der Waals surface area (Å²) in [7, 11) is -3.80. The van der Waals surface area contributed by atoms with Crippen LogP contribution in [0.15, 0.2) is 40.0 Å². The Hall–Kier alpha value is -2.19. The minimum Gasteiger partial charge on any atom is -0.481 e. The Morgan fingerprint density at radius 3 is 2.71 bits per heavy atom. The number of aromatic nitrogens is 1. The maximum Gasteiger partial charge on any atom is 0.307 e. The van der Waals surface area contributed by atoms with Crippen LogP contribution in [0.3, 0.4) is 0 Å². The number of nitrogens with one attached hydrogen (secondary N) is 1. The highest BCUT2D eigenvalue weighted by molar-refractivity contribution is 7.89. The van der Waals surface area contributed by atoms with E-state index in [4.69, 9.17) is 0 Å². The standard InChI is InChI=1S/C16H18N2O5S/c1-10-2-3-12(16(20)21)9-18(10)24(22,23)13-5-6-14-11(8-13)4-7-15(19)17-14/h4-8,10,12H,2-3,9H2,1H3,(H,17,19)(H,20,21). The zero-order chi connectivity index (χ0) is 17.5. The van der Waals surface area contributed by atoms with Crippen molar-refractivity contribution in [3.8, 4) is 0 Å². The normalized spacial score (nSPS) is 22.5. The number of carbonyl (C=O) groups is 1. The van der Waals surface area contributed by atoms with Gasteiger partial charge in [-0.15, -0.1) is 0 Å². The van der Waals surface area contributed by atoms with Gasteiger partial charge in [-0.2, -0.15) is 4.31 Å². The second-order valence-electron chi connectivity index (χ2n) is 6.11. The summed E-state index contributed by atoms with van der Waals surface area (Å²) >= 11 is 0. The van der Waals surface area contributed by atoms with E-state index in [0.29, 0.717) is 23.7 Å². The van der Waals surface area contributed by atoms with Gasteiger partial charge in [0.1, 0.15) is 0 Å². The Bertz CT molecular complexity index is 950. The summed E-state index contributed by atoms with van der Waals surface area (Å²) in [5.74, 6) is -1.66. The molecule has 8 heteroatoms. The number of pyridine rings is 1. The molecule has 7 nitrogen and oxygen atoms in total. The molecule has 1 aromatic carbocycles. The first-order valence-corrected chi connectivity index (χ1v) is 9.11. The van der Waals surface area contributed by atoms with E-state index in [1.807, 2.05) is 0 Å². The smallest absolute Gasteiger partial charge is 0.307 e. The minimum atomic E-state index is -3.80. The predicted octanol–water partition coefficient (Wildman–Crippen LogP) is 1.40. The molecule has 2 heterocycles. The molecular weight excluding hydrogens is 332 g/mol. The number of aliphatic carboxylic acids is 1. The Kier molecular flexibility index (Phi) is 4.18. The van der Waals surface area contributed by atoms with Crippen molar-refractivity contribution in [1.82, 2.24) is 9.29 Å². The number of H-pyrrole nitrogens is 1. The van der Waals surface area contributed by atoms with Crippen molar-refractivity contribution in [3.05, 3.63) is 40.7 Å². The number of carboxylic acid groups (broad SMARTS) is 1. The van der Waals surface area contributed by atoms with Crippen LogP contribution in [0.5, 0.6) is 0 Å². The van der Waals surface area contributed by atoms with Crippen molar-refractivity contribution < 1.29 is 18.3 Å². The molecule has 128 valence electrons. The van der Waals surface area contributed by atoms with Crippen LogP contribution >= 0.6 is 0 Å². The number of nitrogens with zero attached hydrogens (tertiary/aromatic N) is 1. The Morgan fingerprint density at radius 2 is 2.00 bits per heavy atom. The van der Waals surface area contributed by atoms with Crippen molar-refractivity contribution in [2.45, 2.75) is 30.7 Å². The van der Waals surface area contributed by atoms with E-state index in [2.05, 4.69) is 4.98 Å². The number of fused-ring (bicyclic) bond motifs is 1. The van der Waals surface area contributed by atoms with E-state index in [0.717, 1.165) is 0 Å². The molecule has 0 saturated carbocycles. The van der Waals surface area contributed by atoms with Crippen molar-refractivity contribution in [2.75, 3.05) is 6.54 Å². The number of rotatable bonds is 3. The molecule has 0 bridgehead atoms. The number of aromatic amines is 1. The summed E-state index contributed by atoms with van der Waals surface area (Å²) in [6.45, 7) is 1.76. The molecule has 0 spiro atoms. The third kappa shape index (κ3) is 2.94. The molecular formula is C16H18N2O5S. The number of sulfonamides is 1. The zero-order valence-corrected chi connectivity index (χ0v) is 13.9. The molecule has 3 rings (SSSR count). The summed E-state index contributed by atoms with van der Waals surface area (Å²) in [5.41, 5.74) is 0.295. The first-order chi connectivity index (χ1) is 11.3. The van der Waals surface area contributed by atoms with Crippen molar-refractivity contribution in [2.24, 2.45) is 5.92 Å². The fourth-order valence-corrected chi connectivity index (χ4v) is 4.78. The number of benzene rings is 1. The summed E-state index contributed by atoms with van der Waals surface area (Å²) in [5, 5.41) is 9.80. The fraction of sp³-hybridized carbons (Fsp3) is 0.375. The molecule has 24 heavy (non-hydrogen) atoms. The largest absolute Gasteiger partial charge is 0.481 e. The van der Waals surface area contributed by atoms with Crippen LogP contribution in [0.25, 0.3) is 10.9 Å². The number of hydrogen-bond acceptors (Lipinski definition) is 4. The van der Waals surface area contributed by atoms with Crippen LogP contribution in [0, 0.1) is 5.92 Å². The van der Waals surface area contributed by atoms with E-state index in [1.165, 1.54) is 22.5 Å². The summed E-state index contributed by atoms with van der Waals surface area (Å²) in [6, 6.07) is 7.13. The second-order valence-corrected chi connectivity index (χ2v) is 8.00. The average molecular weight is 350 g/mol. The molecule has 1 fully saturated rings. The van der Waals surface area contributed by atoms with E-state index in [-0.39, 0.29) is 23.0 Å². The molecule has 0 radical (unpaired) electrons. The highest BCUT2D eigenvalue weighted by atomic mass is 32.2. The second kappa shape index (κ2) is 6.03. The van der Waals surface area contributed by atoms with Crippen LogP contribution in [0.2, 0.25) is 0 Å².